The SMILES string of the molecule is O=[PH](O)OC(=Cc1ccccc1)c1ccccc1. The first kappa shape index (κ1) is 12.6. The van der Waals surface area contributed by atoms with Crippen molar-refractivity contribution >= 4 is 20.1 Å². The van der Waals surface area contributed by atoms with Crippen molar-refractivity contribution in [2.45, 2.75) is 0 Å². The van der Waals surface area contributed by atoms with Gasteiger partial charge >= 0.3 is 8.25 Å². The first-order valence-electron chi connectivity index (χ1n) is 5.48. The van der Waals surface area contributed by atoms with Gasteiger partial charge in [0.15, 0.2) is 0 Å². The molecule has 0 heterocycles. The molecule has 18 heavy (non-hydrogen) atoms. The van der Waals surface area contributed by atoms with Gasteiger partial charge in [-0.3, -0.25) is 0 Å². The summed E-state index contributed by atoms with van der Waals surface area (Å²) in [5.41, 5.74) is 1.69. The van der Waals surface area contributed by atoms with Crippen LogP contribution in [0.5, 0.6) is 0 Å². The van der Waals surface area contributed by atoms with Crippen LogP contribution in [0.4, 0.5) is 0 Å². The summed E-state index contributed by atoms with van der Waals surface area (Å²) >= 11 is 0. The quantitative estimate of drug-likeness (QED) is 0.519. The second kappa shape index (κ2) is 6.20. The smallest absolute Gasteiger partial charge is 0.365 e. The molecule has 0 fully saturated rings. The molecule has 0 aromatic heterocycles. The molecule has 0 amide bonds. The normalized spacial score (nSPS) is 13.1. The molecular formula is C14H13O3P. The summed E-state index contributed by atoms with van der Waals surface area (Å²) in [7, 11) is -3.02. The van der Waals surface area contributed by atoms with Crippen molar-refractivity contribution < 1.29 is 14.0 Å². The predicted molar refractivity (Wildman–Crippen MR) is 73.1 cm³/mol. The zero-order valence-electron chi connectivity index (χ0n) is 9.61. The second-order valence-corrected chi connectivity index (χ2v) is 4.39. The van der Waals surface area contributed by atoms with E-state index in [1.54, 1.807) is 6.08 Å². The second-order valence-electron chi connectivity index (χ2n) is 3.65. The molecular weight excluding hydrogens is 247 g/mol. The van der Waals surface area contributed by atoms with Crippen LogP contribution in [0.1, 0.15) is 11.1 Å². The minimum Gasteiger partial charge on any atom is -0.426 e. The van der Waals surface area contributed by atoms with Crippen LogP contribution < -0.4 is 0 Å². The van der Waals surface area contributed by atoms with E-state index in [0.29, 0.717) is 5.76 Å². The maximum Gasteiger partial charge on any atom is 0.365 e. The molecule has 1 atom stereocenters. The fourth-order valence-electron chi connectivity index (χ4n) is 1.57. The Bertz CT molecular complexity index is 550. The van der Waals surface area contributed by atoms with Gasteiger partial charge in [-0.1, -0.05) is 60.7 Å². The Kier molecular flexibility index (Phi) is 4.35. The summed E-state index contributed by atoms with van der Waals surface area (Å²) < 4.78 is 15.9. The summed E-state index contributed by atoms with van der Waals surface area (Å²) in [6.45, 7) is 0. The maximum absolute atomic E-state index is 10.9. The van der Waals surface area contributed by atoms with Crippen molar-refractivity contribution in [2.24, 2.45) is 0 Å². The van der Waals surface area contributed by atoms with Crippen LogP contribution in [0, 0.1) is 0 Å². The first-order valence-corrected chi connectivity index (χ1v) is 6.75. The fourth-order valence-corrected chi connectivity index (χ4v) is 1.93. The summed E-state index contributed by atoms with van der Waals surface area (Å²) in [5, 5.41) is 0. The van der Waals surface area contributed by atoms with Gasteiger partial charge in [-0.05, 0) is 11.6 Å². The van der Waals surface area contributed by atoms with E-state index in [9.17, 15) is 4.57 Å². The number of benzene rings is 2. The Morgan fingerprint density at radius 3 is 2.11 bits per heavy atom. The van der Waals surface area contributed by atoms with Gasteiger partial charge in [0.2, 0.25) is 0 Å². The van der Waals surface area contributed by atoms with Crippen LogP contribution in [0.3, 0.4) is 0 Å². The van der Waals surface area contributed by atoms with E-state index < -0.39 is 8.25 Å². The summed E-state index contributed by atoms with van der Waals surface area (Å²) in [6, 6.07) is 18.8. The van der Waals surface area contributed by atoms with Crippen molar-refractivity contribution in [3.8, 4) is 0 Å². The largest absolute Gasteiger partial charge is 0.426 e. The van der Waals surface area contributed by atoms with E-state index >= 15 is 0 Å². The molecule has 1 N–H and O–H groups in total. The molecule has 4 heteroatoms. The lowest BCUT2D eigenvalue weighted by molar-refractivity contribution is 0.394. The highest BCUT2D eigenvalue weighted by Crippen LogP contribution is 2.29. The fraction of sp³-hybridized carbons (Fsp3) is 0. The Balaban J connectivity index is 2.37. The number of rotatable bonds is 4. The van der Waals surface area contributed by atoms with Crippen LogP contribution in [-0.4, -0.2) is 4.89 Å². The van der Waals surface area contributed by atoms with Crippen molar-refractivity contribution in [3.05, 3.63) is 71.8 Å². The predicted octanol–water partition coefficient (Wildman–Crippen LogP) is 3.58. The van der Waals surface area contributed by atoms with Crippen LogP contribution >= 0.6 is 8.25 Å². The molecule has 2 aromatic carbocycles. The number of hydrogen-bond donors (Lipinski definition) is 1. The Morgan fingerprint density at radius 2 is 1.56 bits per heavy atom. The van der Waals surface area contributed by atoms with Gasteiger partial charge in [0.1, 0.15) is 5.76 Å². The third-order valence-corrected chi connectivity index (χ3v) is 2.75. The van der Waals surface area contributed by atoms with E-state index in [1.165, 1.54) is 0 Å². The summed E-state index contributed by atoms with van der Waals surface area (Å²) in [4.78, 5) is 8.95. The number of hydrogen-bond acceptors (Lipinski definition) is 2. The lowest BCUT2D eigenvalue weighted by Gasteiger charge is -2.07. The first-order chi connectivity index (χ1) is 8.75. The third kappa shape index (κ3) is 3.59. The van der Waals surface area contributed by atoms with Gasteiger partial charge in [-0.15, -0.1) is 0 Å². The Morgan fingerprint density at radius 1 is 1.00 bits per heavy atom. The minimum absolute atomic E-state index is 0.396. The van der Waals surface area contributed by atoms with E-state index in [2.05, 4.69) is 0 Å². The van der Waals surface area contributed by atoms with Crippen LogP contribution in [0.15, 0.2) is 60.7 Å². The van der Waals surface area contributed by atoms with Crippen molar-refractivity contribution in [3.63, 3.8) is 0 Å². The summed E-state index contributed by atoms with van der Waals surface area (Å²) in [5.74, 6) is 0.396. The highest BCUT2D eigenvalue weighted by molar-refractivity contribution is 7.32. The van der Waals surface area contributed by atoms with Gasteiger partial charge in [0, 0.05) is 5.56 Å². The molecule has 3 nitrogen and oxygen atoms in total. The molecule has 0 aliphatic carbocycles. The van der Waals surface area contributed by atoms with E-state index in [4.69, 9.17) is 9.42 Å². The van der Waals surface area contributed by atoms with Crippen LogP contribution in [-0.2, 0) is 9.09 Å². The van der Waals surface area contributed by atoms with Crippen molar-refractivity contribution in [2.75, 3.05) is 0 Å². The van der Waals surface area contributed by atoms with E-state index in [-0.39, 0.29) is 0 Å². The standard InChI is InChI=1S/C14H13O3P/c15-18(16)17-14(13-9-5-2-6-10-13)11-12-7-3-1-4-8-12/h1-11,18H,(H,15,16). The molecule has 0 aliphatic heterocycles. The van der Waals surface area contributed by atoms with E-state index in [1.807, 2.05) is 60.7 Å². The molecule has 0 bridgehead atoms. The molecule has 0 spiro atoms. The van der Waals surface area contributed by atoms with Gasteiger partial charge in [-0.2, -0.15) is 0 Å². The van der Waals surface area contributed by atoms with Gasteiger partial charge < -0.3 is 9.42 Å². The molecule has 0 radical (unpaired) electrons. The highest BCUT2D eigenvalue weighted by atomic mass is 31.1. The van der Waals surface area contributed by atoms with Gasteiger partial charge in [0.05, 0.1) is 0 Å². The maximum atomic E-state index is 10.9. The molecule has 0 aliphatic rings. The van der Waals surface area contributed by atoms with Crippen molar-refractivity contribution in [1.82, 2.24) is 0 Å². The van der Waals surface area contributed by atoms with Crippen LogP contribution in [0.2, 0.25) is 0 Å². The zero-order valence-corrected chi connectivity index (χ0v) is 10.6. The van der Waals surface area contributed by atoms with Crippen molar-refractivity contribution in [1.29, 1.82) is 0 Å². The van der Waals surface area contributed by atoms with Gasteiger partial charge in [-0.25, -0.2) is 4.57 Å². The van der Waals surface area contributed by atoms with Gasteiger partial charge in [0.25, 0.3) is 0 Å². The minimum atomic E-state index is -3.02. The molecule has 2 rings (SSSR count). The lowest BCUT2D eigenvalue weighted by atomic mass is 10.1. The van der Waals surface area contributed by atoms with Crippen LogP contribution in [0.25, 0.3) is 11.8 Å². The average Bonchev–Trinajstić information content (AvgIpc) is 2.40. The topological polar surface area (TPSA) is 46.5 Å². The molecule has 2 aromatic rings. The zero-order chi connectivity index (χ0) is 12.8. The Hall–Kier alpha value is -1.83. The molecule has 0 saturated carbocycles. The molecule has 92 valence electrons. The average molecular weight is 260 g/mol. The van der Waals surface area contributed by atoms with E-state index in [0.717, 1.165) is 11.1 Å². The Labute approximate surface area is 106 Å². The molecule has 0 saturated heterocycles. The summed E-state index contributed by atoms with van der Waals surface area (Å²) in [6.07, 6.45) is 1.74. The monoisotopic (exact) mass is 260 g/mol. The third-order valence-electron chi connectivity index (χ3n) is 2.35. The highest BCUT2D eigenvalue weighted by Gasteiger charge is 2.05. The lowest BCUT2D eigenvalue weighted by Crippen LogP contribution is -1.85. The molecule has 1 unspecified atom stereocenters.